The monoisotopic (exact) mass is 362 g/mol. The first kappa shape index (κ1) is 18.4. The Morgan fingerprint density at radius 2 is 1.78 bits per heavy atom. The Balaban J connectivity index is 1.77. The van der Waals surface area contributed by atoms with Crippen molar-refractivity contribution in [3.8, 4) is 5.75 Å². The van der Waals surface area contributed by atoms with Crippen LogP contribution in [0.25, 0.3) is 0 Å². The van der Waals surface area contributed by atoms with Gasteiger partial charge in [-0.25, -0.2) is 9.97 Å². The van der Waals surface area contributed by atoms with Gasteiger partial charge >= 0.3 is 0 Å². The Labute approximate surface area is 158 Å². The highest BCUT2D eigenvalue weighted by molar-refractivity contribution is 6.03. The van der Waals surface area contributed by atoms with Crippen LogP contribution in [0.15, 0.2) is 66.9 Å². The number of aromatic nitrogens is 2. The molecule has 0 saturated heterocycles. The maximum absolute atomic E-state index is 12.6. The van der Waals surface area contributed by atoms with Gasteiger partial charge in [-0.1, -0.05) is 18.2 Å². The van der Waals surface area contributed by atoms with Gasteiger partial charge < -0.3 is 15.0 Å². The standard InChI is InChI=1S/C21H22N4O2/c1-3-25(17-8-6-5-7-9-17)21-22-15-14-19(24-21)20(26)23-16-10-12-18(13-11-16)27-4-2/h5-15H,3-4H2,1-2H3,(H,23,26). The fourth-order valence-corrected chi connectivity index (χ4v) is 2.65. The molecule has 0 aliphatic rings. The average Bonchev–Trinajstić information content (AvgIpc) is 2.71. The maximum Gasteiger partial charge on any atom is 0.274 e. The summed E-state index contributed by atoms with van der Waals surface area (Å²) in [5, 5.41) is 2.85. The second-order valence-corrected chi connectivity index (χ2v) is 5.73. The van der Waals surface area contributed by atoms with Crippen molar-refractivity contribution in [2.75, 3.05) is 23.4 Å². The lowest BCUT2D eigenvalue weighted by Crippen LogP contribution is -2.21. The van der Waals surface area contributed by atoms with Crippen LogP contribution in [0.5, 0.6) is 5.75 Å². The summed E-state index contributed by atoms with van der Waals surface area (Å²) in [6, 6.07) is 18.7. The molecule has 6 heteroatoms. The molecule has 2 aromatic carbocycles. The molecule has 0 atom stereocenters. The molecule has 0 aliphatic carbocycles. The van der Waals surface area contributed by atoms with E-state index in [1.807, 2.05) is 61.2 Å². The summed E-state index contributed by atoms with van der Waals surface area (Å²) in [6.45, 7) is 5.24. The van der Waals surface area contributed by atoms with Gasteiger partial charge in [0.1, 0.15) is 11.4 Å². The number of carbonyl (C=O) groups excluding carboxylic acids is 1. The fraction of sp³-hybridized carbons (Fsp3) is 0.190. The third-order valence-electron chi connectivity index (χ3n) is 3.92. The summed E-state index contributed by atoms with van der Waals surface area (Å²) in [7, 11) is 0. The van der Waals surface area contributed by atoms with Crippen molar-refractivity contribution in [3.63, 3.8) is 0 Å². The first-order valence-electron chi connectivity index (χ1n) is 8.91. The second-order valence-electron chi connectivity index (χ2n) is 5.73. The quantitative estimate of drug-likeness (QED) is 0.679. The summed E-state index contributed by atoms with van der Waals surface area (Å²) in [4.78, 5) is 23.3. The molecule has 1 aromatic heterocycles. The zero-order chi connectivity index (χ0) is 19.1. The van der Waals surface area contributed by atoms with Gasteiger partial charge in [0, 0.05) is 24.1 Å². The topological polar surface area (TPSA) is 67.3 Å². The van der Waals surface area contributed by atoms with Crippen LogP contribution in [0.2, 0.25) is 0 Å². The molecule has 3 aromatic rings. The van der Waals surface area contributed by atoms with E-state index in [0.717, 1.165) is 11.4 Å². The highest BCUT2D eigenvalue weighted by atomic mass is 16.5. The minimum Gasteiger partial charge on any atom is -0.494 e. The number of nitrogens with one attached hydrogen (secondary N) is 1. The van der Waals surface area contributed by atoms with Crippen LogP contribution >= 0.6 is 0 Å². The van der Waals surface area contributed by atoms with E-state index in [2.05, 4.69) is 15.3 Å². The fourth-order valence-electron chi connectivity index (χ4n) is 2.65. The van der Waals surface area contributed by atoms with Gasteiger partial charge in [0.15, 0.2) is 0 Å². The molecule has 138 valence electrons. The minimum absolute atomic E-state index is 0.285. The Hall–Kier alpha value is -3.41. The lowest BCUT2D eigenvalue weighted by Gasteiger charge is -2.21. The van der Waals surface area contributed by atoms with Crippen molar-refractivity contribution >= 4 is 23.2 Å². The third-order valence-corrected chi connectivity index (χ3v) is 3.92. The third kappa shape index (κ3) is 4.61. The largest absolute Gasteiger partial charge is 0.494 e. The zero-order valence-corrected chi connectivity index (χ0v) is 15.4. The number of ether oxygens (including phenoxy) is 1. The van der Waals surface area contributed by atoms with Crippen LogP contribution in [0.3, 0.4) is 0 Å². The van der Waals surface area contributed by atoms with E-state index in [-0.39, 0.29) is 5.91 Å². The molecule has 0 saturated carbocycles. The number of hydrogen-bond donors (Lipinski definition) is 1. The molecule has 0 bridgehead atoms. The smallest absolute Gasteiger partial charge is 0.274 e. The predicted octanol–water partition coefficient (Wildman–Crippen LogP) is 4.29. The summed E-state index contributed by atoms with van der Waals surface area (Å²) in [5.74, 6) is 0.969. The molecule has 0 spiro atoms. The van der Waals surface area contributed by atoms with Gasteiger partial charge in [-0.3, -0.25) is 4.79 Å². The normalized spacial score (nSPS) is 10.3. The number of hydrogen-bond acceptors (Lipinski definition) is 5. The van der Waals surface area contributed by atoms with E-state index in [0.29, 0.717) is 30.5 Å². The van der Waals surface area contributed by atoms with E-state index >= 15 is 0 Å². The van der Waals surface area contributed by atoms with Crippen LogP contribution in [-0.4, -0.2) is 29.0 Å². The number of nitrogens with zero attached hydrogens (tertiary/aromatic N) is 3. The molecule has 3 rings (SSSR count). The van der Waals surface area contributed by atoms with Crippen molar-refractivity contribution in [2.45, 2.75) is 13.8 Å². The van der Waals surface area contributed by atoms with E-state index in [1.165, 1.54) is 0 Å². The summed E-state index contributed by atoms with van der Waals surface area (Å²) in [5.41, 5.74) is 1.96. The minimum atomic E-state index is -0.285. The highest BCUT2D eigenvalue weighted by Gasteiger charge is 2.14. The lowest BCUT2D eigenvalue weighted by molar-refractivity contribution is 0.102. The number of anilines is 3. The van der Waals surface area contributed by atoms with Crippen LogP contribution in [0.4, 0.5) is 17.3 Å². The number of carbonyl (C=O) groups is 1. The van der Waals surface area contributed by atoms with Crippen molar-refractivity contribution in [3.05, 3.63) is 72.6 Å². The molecule has 6 nitrogen and oxygen atoms in total. The van der Waals surface area contributed by atoms with Crippen molar-refractivity contribution in [1.82, 2.24) is 9.97 Å². The molecule has 1 heterocycles. The Bertz CT molecular complexity index is 882. The second kappa shape index (κ2) is 8.80. The van der Waals surface area contributed by atoms with Crippen molar-refractivity contribution in [2.24, 2.45) is 0 Å². The number of amides is 1. The zero-order valence-electron chi connectivity index (χ0n) is 15.4. The molecule has 0 unspecified atom stereocenters. The predicted molar refractivity (Wildman–Crippen MR) is 107 cm³/mol. The van der Waals surface area contributed by atoms with E-state index in [4.69, 9.17) is 4.74 Å². The number of rotatable bonds is 7. The molecular formula is C21H22N4O2. The van der Waals surface area contributed by atoms with Gasteiger partial charge in [-0.2, -0.15) is 0 Å². The summed E-state index contributed by atoms with van der Waals surface area (Å²) < 4.78 is 5.41. The number of para-hydroxylation sites is 1. The first-order chi connectivity index (χ1) is 13.2. The average molecular weight is 362 g/mol. The van der Waals surface area contributed by atoms with Crippen LogP contribution in [-0.2, 0) is 0 Å². The molecule has 27 heavy (non-hydrogen) atoms. The molecule has 1 amide bonds. The van der Waals surface area contributed by atoms with E-state index < -0.39 is 0 Å². The van der Waals surface area contributed by atoms with Gasteiger partial charge in [-0.15, -0.1) is 0 Å². The van der Waals surface area contributed by atoms with Gasteiger partial charge in [0.05, 0.1) is 6.61 Å². The van der Waals surface area contributed by atoms with Gasteiger partial charge in [-0.05, 0) is 56.3 Å². The van der Waals surface area contributed by atoms with Crippen LogP contribution in [0, 0.1) is 0 Å². The lowest BCUT2D eigenvalue weighted by atomic mass is 10.3. The SMILES string of the molecule is CCOc1ccc(NC(=O)c2ccnc(N(CC)c3ccccc3)n2)cc1. The molecule has 0 radical (unpaired) electrons. The van der Waals surface area contributed by atoms with E-state index in [1.54, 1.807) is 24.4 Å². The summed E-state index contributed by atoms with van der Waals surface area (Å²) >= 11 is 0. The first-order valence-corrected chi connectivity index (χ1v) is 8.91. The highest BCUT2D eigenvalue weighted by Crippen LogP contribution is 2.21. The molecule has 0 aliphatic heterocycles. The van der Waals surface area contributed by atoms with Gasteiger partial charge in [0.2, 0.25) is 5.95 Å². The summed E-state index contributed by atoms with van der Waals surface area (Å²) in [6.07, 6.45) is 1.60. The number of benzene rings is 2. The maximum atomic E-state index is 12.6. The van der Waals surface area contributed by atoms with E-state index in [9.17, 15) is 4.79 Å². The van der Waals surface area contributed by atoms with Crippen LogP contribution in [0.1, 0.15) is 24.3 Å². The van der Waals surface area contributed by atoms with Crippen molar-refractivity contribution < 1.29 is 9.53 Å². The Morgan fingerprint density at radius 3 is 2.44 bits per heavy atom. The Kier molecular flexibility index (Phi) is 5.99. The van der Waals surface area contributed by atoms with Crippen LogP contribution < -0.4 is 15.0 Å². The van der Waals surface area contributed by atoms with Gasteiger partial charge in [0.25, 0.3) is 5.91 Å². The Morgan fingerprint density at radius 1 is 1.04 bits per heavy atom. The molecule has 0 fully saturated rings. The molecule has 1 N–H and O–H groups in total. The van der Waals surface area contributed by atoms with Crippen molar-refractivity contribution in [1.29, 1.82) is 0 Å². The molecular weight excluding hydrogens is 340 g/mol.